The molecule has 0 spiro atoms. The van der Waals surface area contributed by atoms with Crippen LogP contribution in [0, 0.1) is 41.5 Å². The highest BCUT2D eigenvalue weighted by molar-refractivity contribution is 9.11. The summed E-state index contributed by atoms with van der Waals surface area (Å²) < 4.78 is 2.81. The smallest absolute Gasteiger partial charge is 0.423 e. The Kier molecular flexibility index (Phi) is 12.1. The van der Waals surface area contributed by atoms with E-state index in [1.165, 1.54) is 22.3 Å². The summed E-state index contributed by atoms with van der Waals surface area (Å²) in [6, 6.07) is 20.1. The minimum Gasteiger partial charge on any atom is -0.423 e. The molecule has 8 heteroatoms. The van der Waals surface area contributed by atoms with Gasteiger partial charge in [-0.1, -0.05) is 64.7 Å². The lowest BCUT2D eigenvalue weighted by atomic mass is 9.74. The summed E-state index contributed by atoms with van der Waals surface area (Å²) in [6.45, 7) is 12.1. The van der Waals surface area contributed by atoms with Crippen molar-refractivity contribution in [3.8, 4) is 11.1 Å². The summed E-state index contributed by atoms with van der Waals surface area (Å²) in [6.07, 6.45) is 0. The van der Waals surface area contributed by atoms with Gasteiger partial charge in [0.25, 0.3) is 0 Å². The van der Waals surface area contributed by atoms with Crippen molar-refractivity contribution in [1.29, 1.82) is 0 Å². The van der Waals surface area contributed by atoms with Gasteiger partial charge >= 0.3 is 7.12 Å². The molecule has 0 saturated carbocycles. The first-order valence-corrected chi connectivity index (χ1v) is 14.4. The van der Waals surface area contributed by atoms with Crippen LogP contribution in [-0.2, 0) is 0 Å². The number of nitrogen functional groups attached to an aromatic ring is 2. The summed E-state index contributed by atoms with van der Waals surface area (Å²) in [5.41, 5.74) is 23.1. The molecule has 6 N–H and O–H groups in total. The lowest BCUT2D eigenvalue weighted by Gasteiger charge is -2.14. The Bertz CT molecular complexity index is 1360. The van der Waals surface area contributed by atoms with Gasteiger partial charge in [-0.3, -0.25) is 0 Å². The SMILES string of the molecule is Cc1cc(C)c(-c2cccc(Br)c2N)c(C)c1.Cc1cc(C)c(B(O)O)c(C)c1.Nc1c(Br)cccc1Br. The number of anilines is 2. The fraction of sp³-hybridized carbons (Fsp3) is 0.200. The first-order chi connectivity index (χ1) is 17.7. The monoisotopic (exact) mass is 702 g/mol. The molecule has 0 amide bonds. The normalized spacial score (nSPS) is 10.2. The Morgan fingerprint density at radius 1 is 0.579 bits per heavy atom. The Morgan fingerprint density at radius 3 is 1.34 bits per heavy atom. The van der Waals surface area contributed by atoms with Crippen LogP contribution in [0.15, 0.2) is 74.1 Å². The van der Waals surface area contributed by atoms with E-state index in [0.717, 1.165) is 47.0 Å². The fourth-order valence-corrected chi connectivity index (χ4v) is 5.83. The minimum absolute atomic E-state index is 0.626. The van der Waals surface area contributed by atoms with Gasteiger partial charge in [-0.25, -0.2) is 0 Å². The van der Waals surface area contributed by atoms with Gasteiger partial charge in [-0.2, -0.15) is 0 Å². The third-order valence-electron chi connectivity index (χ3n) is 6.00. The van der Waals surface area contributed by atoms with E-state index in [2.05, 4.69) is 86.8 Å². The molecule has 38 heavy (non-hydrogen) atoms. The molecule has 0 fully saturated rings. The van der Waals surface area contributed by atoms with E-state index < -0.39 is 7.12 Å². The van der Waals surface area contributed by atoms with Crippen LogP contribution in [0.25, 0.3) is 11.1 Å². The van der Waals surface area contributed by atoms with E-state index in [1.54, 1.807) is 0 Å². The van der Waals surface area contributed by atoms with E-state index in [0.29, 0.717) is 5.46 Å². The van der Waals surface area contributed by atoms with Crippen molar-refractivity contribution >= 4 is 71.7 Å². The average Bonchev–Trinajstić information content (AvgIpc) is 2.79. The van der Waals surface area contributed by atoms with Gasteiger partial charge in [0.15, 0.2) is 0 Å². The molecule has 0 bridgehead atoms. The average molecular weight is 705 g/mol. The first-order valence-electron chi connectivity index (χ1n) is 12.0. The standard InChI is InChI=1S/C15H16BrN.C9H13BO2.C6H5Br2N/c1-9-7-10(2)14(11(3)8-9)12-5-4-6-13(16)15(12)17;1-6-4-7(2)9(10(11)12)8(3)5-6;7-4-2-1-3-5(8)6(4)9/h4-8H,17H2,1-3H3;4-5,11-12H,1-3H3;1-3H,9H2. The summed E-state index contributed by atoms with van der Waals surface area (Å²) in [5, 5.41) is 18.1. The summed E-state index contributed by atoms with van der Waals surface area (Å²) in [5.74, 6) is 0. The van der Waals surface area contributed by atoms with Gasteiger partial charge in [-0.15, -0.1) is 0 Å². The van der Waals surface area contributed by atoms with Crippen LogP contribution in [-0.4, -0.2) is 17.2 Å². The number of rotatable bonds is 2. The second-order valence-corrected chi connectivity index (χ2v) is 11.9. The van der Waals surface area contributed by atoms with Crippen LogP contribution < -0.4 is 16.9 Å². The molecule has 0 unspecified atom stereocenters. The van der Waals surface area contributed by atoms with E-state index in [9.17, 15) is 0 Å². The van der Waals surface area contributed by atoms with E-state index in [1.807, 2.05) is 63.2 Å². The third-order valence-corrected chi connectivity index (χ3v) is 8.07. The first kappa shape index (κ1) is 32.1. The zero-order valence-electron chi connectivity index (χ0n) is 22.5. The van der Waals surface area contributed by atoms with Crippen molar-refractivity contribution in [2.45, 2.75) is 41.5 Å². The van der Waals surface area contributed by atoms with Gasteiger partial charge in [0, 0.05) is 19.0 Å². The number of hydrogen-bond acceptors (Lipinski definition) is 4. The third kappa shape index (κ3) is 8.45. The molecule has 0 aliphatic carbocycles. The Morgan fingerprint density at radius 2 is 0.947 bits per heavy atom. The van der Waals surface area contributed by atoms with Crippen LogP contribution in [0.5, 0.6) is 0 Å². The largest absolute Gasteiger partial charge is 0.488 e. The zero-order valence-corrected chi connectivity index (χ0v) is 27.3. The molecular formula is C30H34BBr3N2O2. The Balaban J connectivity index is 0.000000212. The van der Waals surface area contributed by atoms with Gasteiger partial charge < -0.3 is 21.5 Å². The number of para-hydroxylation sites is 2. The number of aryl methyl sites for hydroxylation is 6. The number of benzene rings is 4. The molecular weight excluding hydrogens is 671 g/mol. The van der Waals surface area contributed by atoms with E-state index >= 15 is 0 Å². The predicted molar refractivity (Wildman–Crippen MR) is 175 cm³/mol. The maximum absolute atomic E-state index is 9.03. The maximum Gasteiger partial charge on any atom is 0.488 e. The predicted octanol–water partition coefficient (Wildman–Crippen LogP) is 7.71. The van der Waals surface area contributed by atoms with Gasteiger partial charge in [-0.05, 0) is 130 Å². The van der Waals surface area contributed by atoms with Gasteiger partial charge in [0.1, 0.15) is 0 Å². The molecule has 4 rings (SSSR count). The zero-order chi connectivity index (χ0) is 28.7. The molecule has 0 heterocycles. The van der Waals surface area contributed by atoms with Crippen molar-refractivity contribution in [2.75, 3.05) is 11.5 Å². The second kappa shape index (κ2) is 14.3. The number of hydrogen-bond donors (Lipinski definition) is 4. The molecule has 0 saturated heterocycles. The van der Waals surface area contributed by atoms with Crippen LogP contribution >= 0.6 is 47.8 Å². The number of halogens is 3. The summed E-state index contributed by atoms with van der Waals surface area (Å²) in [4.78, 5) is 0. The van der Waals surface area contributed by atoms with Crippen molar-refractivity contribution in [3.05, 3.63) is 107 Å². The number of nitrogens with two attached hydrogens (primary N) is 2. The van der Waals surface area contributed by atoms with E-state index in [4.69, 9.17) is 21.5 Å². The highest BCUT2D eigenvalue weighted by atomic mass is 79.9. The van der Waals surface area contributed by atoms with Gasteiger partial charge in [0.2, 0.25) is 0 Å². The molecule has 200 valence electrons. The van der Waals surface area contributed by atoms with Crippen LogP contribution in [0.1, 0.15) is 33.4 Å². The maximum atomic E-state index is 9.03. The van der Waals surface area contributed by atoms with Crippen molar-refractivity contribution < 1.29 is 10.0 Å². The molecule has 0 aliphatic rings. The van der Waals surface area contributed by atoms with Crippen LogP contribution in [0.4, 0.5) is 11.4 Å². The second-order valence-electron chi connectivity index (χ2n) is 9.30. The molecule has 0 atom stereocenters. The molecule has 0 aliphatic heterocycles. The Labute approximate surface area is 252 Å². The van der Waals surface area contributed by atoms with Crippen molar-refractivity contribution in [1.82, 2.24) is 0 Å². The minimum atomic E-state index is -1.36. The van der Waals surface area contributed by atoms with Crippen molar-refractivity contribution in [2.24, 2.45) is 0 Å². The fourth-order valence-electron chi connectivity index (χ4n) is 4.47. The Hall–Kier alpha value is -2.10. The highest BCUT2D eigenvalue weighted by Crippen LogP contribution is 2.36. The molecule has 4 aromatic carbocycles. The summed E-state index contributed by atoms with van der Waals surface area (Å²) in [7, 11) is -1.36. The van der Waals surface area contributed by atoms with Crippen LogP contribution in [0.2, 0.25) is 0 Å². The molecule has 4 nitrogen and oxygen atoms in total. The summed E-state index contributed by atoms with van der Waals surface area (Å²) >= 11 is 10.1. The van der Waals surface area contributed by atoms with Gasteiger partial charge in [0.05, 0.1) is 11.4 Å². The topological polar surface area (TPSA) is 92.5 Å². The quantitative estimate of drug-likeness (QED) is 0.127. The lowest BCUT2D eigenvalue weighted by molar-refractivity contribution is 0.425. The highest BCUT2D eigenvalue weighted by Gasteiger charge is 2.16. The molecule has 0 aromatic heterocycles. The molecule has 0 radical (unpaired) electrons. The van der Waals surface area contributed by atoms with E-state index in [-0.39, 0.29) is 0 Å². The van der Waals surface area contributed by atoms with Crippen molar-refractivity contribution in [3.63, 3.8) is 0 Å². The lowest BCUT2D eigenvalue weighted by Crippen LogP contribution is -2.34. The molecule has 4 aromatic rings. The van der Waals surface area contributed by atoms with Crippen LogP contribution in [0.3, 0.4) is 0 Å².